The van der Waals surface area contributed by atoms with Gasteiger partial charge in [-0.2, -0.15) is 5.26 Å². The van der Waals surface area contributed by atoms with E-state index in [-0.39, 0.29) is 17.7 Å². The number of hydrogen-bond donors (Lipinski definition) is 1. The summed E-state index contributed by atoms with van der Waals surface area (Å²) in [7, 11) is 0. The third-order valence-electron chi connectivity index (χ3n) is 2.95. The summed E-state index contributed by atoms with van der Waals surface area (Å²) in [4.78, 5) is 22.4. The van der Waals surface area contributed by atoms with E-state index in [2.05, 4.69) is 0 Å². The van der Waals surface area contributed by atoms with Crippen LogP contribution in [0.5, 0.6) is 0 Å². The first-order valence-electron chi connectivity index (χ1n) is 6.77. The molecule has 0 atom stereocenters. The average molecular weight is 311 g/mol. The van der Waals surface area contributed by atoms with Crippen LogP contribution in [0, 0.1) is 11.3 Å². The summed E-state index contributed by atoms with van der Waals surface area (Å²) in [6.45, 7) is 1.83. The number of furan rings is 1. The van der Waals surface area contributed by atoms with E-state index in [0.29, 0.717) is 17.1 Å². The maximum atomic E-state index is 11.5. The van der Waals surface area contributed by atoms with Gasteiger partial charge in [0.15, 0.2) is 0 Å². The minimum Gasteiger partial charge on any atom is -0.478 e. The molecule has 0 unspecified atom stereocenters. The van der Waals surface area contributed by atoms with Gasteiger partial charge >= 0.3 is 11.9 Å². The molecular formula is C17H13NO5. The summed E-state index contributed by atoms with van der Waals surface area (Å²) in [5, 5.41) is 17.8. The average Bonchev–Trinajstić information content (AvgIpc) is 3.01. The van der Waals surface area contributed by atoms with E-state index in [1.807, 2.05) is 0 Å². The first kappa shape index (κ1) is 16.0. The van der Waals surface area contributed by atoms with Crippen LogP contribution in [0.2, 0.25) is 0 Å². The molecule has 2 aromatic rings. The van der Waals surface area contributed by atoms with Gasteiger partial charge in [0.25, 0.3) is 0 Å². The lowest BCUT2D eigenvalue weighted by atomic mass is 10.1. The summed E-state index contributed by atoms with van der Waals surface area (Å²) in [5.41, 5.74) is 0.702. The molecule has 0 fully saturated rings. The number of aromatic carboxylic acids is 1. The highest BCUT2D eigenvalue weighted by molar-refractivity contribution is 5.97. The first-order chi connectivity index (χ1) is 11.0. The van der Waals surface area contributed by atoms with Crippen molar-refractivity contribution < 1.29 is 23.8 Å². The van der Waals surface area contributed by atoms with Crippen molar-refractivity contribution in [1.29, 1.82) is 5.26 Å². The molecule has 1 heterocycles. The van der Waals surface area contributed by atoms with Gasteiger partial charge in [-0.05, 0) is 31.2 Å². The molecule has 6 heteroatoms. The Balaban J connectivity index is 2.25. The van der Waals surface area contributed by atoms with Crippen LogP contribution in [0.3, 0.4) is 0 Å². The number of carbonyl (C=O) groups excluding carboxylic acids is 1. The second-order valence-corrected chi connectivity index (χ2v) is 4.47. The predicted octanol–water partition coefficient (Wildman–Crippen LogP) is 3.11. The van der Waals surface area contributed by atoms with Gasteiger partial charge in [0.05, 0.1) is 12.2 Å². The molecule has 0 saturated carbocycles. The van der Waals surface area contributed by atoms with Crippen LogP contribution in [-0.4, -0.2) is 23.7 Å². The van der Waals surface area contributed by atoms with Gasteiger partial charge < -0.3 is 14.3 Å². The van der Waals surface area contributed by atoms with E-state index in [4.69, 9.17) is 19.5 Å². The van der Waals surface area contributed by atoms with Crippen LogP contribution < -0.4 is 0 Å². The molecule has 0 spiro atoms. The second kappa shape index (κ2) is 7.09. The Morgan fingerprint density at radius 1 is 1.26 bits per heavy atom. The topological polar surface area (TPSA) is 101 Å². The Morgan fingerprint density at radius 2 is 1.96 bits per heavy atom. The molecule has 6 nitrogen and oxygen atoms in total. The fourth-order valence-corrected chi connectivity index (χ4v) is 1.85. The zero-order chi connectivity index (χ0) is 16.8. The molecule has 1 N–H and O–H groups in total. The Kier molecular flexibility index (Phi) is 4.95. The lowest BCUT2D eigenvalue weighted by molar-refractivity contribution is -0.137. The summed E-state index contributed by atoms with van der Waals surface area (Å²) >= 11 is 0. The zero-order valence-corrected chi connectivity index (χ0v) is 12.3. The highest BCUT2D eigenvalue weighted by Crippen LogP contribution is 2.24. The van der Waals surface area contributed by atoms with Crippen LogP contribution in [0.1, 0.15) is 23.0 Å². The van der Waals surface area contributed by atoms with Crippen molar-refractivity contribution in [2.75, 3.05) is 6.61 Å². The number of rotatable bonds is 5. The molecule has 1 aromatic heterocycles. The van der Waals surface area contributed by atoms with E-state index in [1.54, 1.807) is 37.3 Å². The molecule has 0 saturated heterocycles. The summed E-state index contributed by atoms with van der Waals surface area (Å²) in [6.07, 6.45) is 1.30. The Hall–Kier alpha value is -3.33. The molecule has 0 bridgehead atoms. The minimum atomic E-state index is -1.01. The van der Waals surface area contributed by atoms with Gasteiger partial charge in [0, 0.05) is 11.6 Å². The monoisotopic (exact) mass is 311 g/mol. The van der Waals surface area contributed by atoms with E-state index < -0.39 is 11.9 Å². The maximum Gasteiger partial charge on any atom is 0.349 e. The SMILES string of the molecule is CCOC(=O)C(C#N)=Cc1ccc(-c2ccc(C(=O)O)cc2)o1. The van der Waals surface area contributed by atoms with Crippen LogP contribution >= 0.6 is 0 Å². The molecule has 116 valence electrons. The maximum absolute atomic E-state index is 11.5. The summed E-state index contributed by atoms with van der Waals surface area (Å²) < 4.78 is 10.3. The van der Waals surface area contributed by atoms with E-state index in [9.17, 15) is 9.59 Å². The van der Waals surface area contributed by atoms with Crippen LogP contribution in [-0.2, 0) is 9.53 Å². The highest BCUT2D eigenvalue weighted by Gasteiger charge is 2.12. The number of carbonyl (C=O) groups is 2. The first-order valence-corrected chi connectivity index (χ1v) is 6.77. The van der Waals surface area contributed by atoms with Crippen molar-refractivity contribution in [2.45, 2.75) is 6.92 Å². The molecule has 1 aromatic carbocycles. The molecule has 0 amide bonds. The molecule has 0 aliphatic carbocycles. The number of esters is 1. The number of carboxylic acids is 1. The number of benzene rings is 1. The Morgan fingerprint density at radius 3 is 2.52 bits per heavy atom. The molecule has 0 aliphatic rings. The lowest BCUT2D eigenvalue weighted by Gasteiger charge is -1.99. The number of ether oxygens (including phenoxy) is 1. The number of hydrogen-bond acceptors (Lipinski definition) is 5. The zero-order valence-electron chi connectivity index (χ0n) is 12.3. The normalized spacial score (nSPS) is 10.9. The molecular weight excluding hydrogens is 298 g/mol. The van der Waals surface area contributed by atoms with Crippen molar-refractivity contribution in [2.24, 2.45) is 0 Å². The second-order valence-electron chi connectivity index (χ2n) is 4.47. The Bertz CT molecular complexity index is 793. The molecule has 0 radical (unpaired) electrons. The van der Waals surface area contributed by atoms with Gasteiger partial charge in [-0.1, -0.05) is 12.1 Å². The van der Waals surface area contributed by atoms with Crippen LogP contribution in [0.4, 0.5) is 0 Å². The molecule has 2 rings (SSSR count). The highest BCUT2D eigenvalue weighted by atomic mass is 16.5. The number of nitrogens with zero attached hydrogens (tertiary/aromatic N) is 1. The standard InChI is InChI=1S/C17H13NO5/c1-2-22-17(21)13(10-18)9-14-7-8-15(23-14)11-3-5-12(6-4-11)16(19)20/h3-9H,2H2,1H3,(H,19,20). The van der Waals surface area contributed by atoms with Gasteiger partial charge in [-0.25, -0.2) is 9.59 Å². The van der Waals surface area contributed by atoms with Gasteiger partial charge in [0.2, 0.25) is 0 Å². The lowest BCUT2D eigenvalue weighted by Crippen LogP contribution is -2.05. The minimum absolute atomic E-state index is 0.158. The van der Waals surface area contributed by atoms with Gasteiger partial charge in [-0.15, -0.1) is 0 Å². The number of nitriles is 1. The van der Waals surface area contributed by atoms with Crippen molar-refractivity contribution in [3.63, 3.8) is 0 Å². The van der Waals surface area contributed by atoms with Crippen molar-refractivity contribution in [3.8, 4) is 17.4 Å². The largest absolute Gasteiger partial charge is 0.478 e. The fourth-order valence-electron chi connectivity index (χ4n) is 1.85. The summed E-state index contributed by atoms with van der Waals surface area (Å²) in [5.74, 6) is -0.896. The van der Waals surface area contributed by atoms with Crippen molar-refractivity contribution >= 4 is 18.0 Å². The molecule has 23 heavy (non-hydrogen) atoms. The third kappa shape index (κ3) is 3.86. The molecule has 0 aliphatic heterocycles. The summed E-state index contributed by atoms with van der Waals surface area (Å²) in [6, 6.07) is 11.2. The van der Waals surface area contributed by atoms with Crippen molar-refractivity contribution in [1.82, 2.24) is 0 Å². The third-order valence-corrected chi connectivity index (χ3v) is 2.95. The predicted molar refractivity (Wildman–Crippen MR) is 81.3 cm³/mol. The van der Waals surface area contributed by atoms with E-state index >= 15 is 0 Å². The Labute approximate surface area is 132 Å². The van der Waals surface area contributed by atoms with E-state index in [1.165, 1.54) is 18.2 Å². The van der Waals surface area contributed by atoms with Gasteiger partial charge in [-0.3, -0.25) is 0 Å². The van der Waals surface area contributed by atoms with Crippen LogP contribution in [0.15, 0.2) is 46.4 Å². The smallest absolute Gasteiger partial charge is 0.349 e. The quantitative estimate of drug-likeness (QED) is 0.517. The van der Waals surface area contributed by atoms with Crippen molar-refractivity contribution in [3.05, 3.63) is 53.3 Å². The fraction of sp³-hybridized carbons (Fsp3) is 0.118. The van der Waals surface area contributed by atoms with Crippen LogP contribution in [0.25, 0.3) is 17.4 Å². The number of carboxylic acid groups (broad SMARTS) is 1. The van der Waals surface area contributed by atoms with E-state index in [0.717, 1.165) is 0 Å². The van der Waals surface area contributed by atoms with Gasteiger partial charge in [0.1, 0.15) is 23.2 Å².